The van der Waals surface area contributed by atoms with Crippen LogP contribution in [0.2, 0.25) is 15.1 Å². The Morgan fingerprint density at radius 2 is 1.78 bits per heavy atom. The van der Waals surface area contributed by atoms with Crippen LogP contribution >= 0.6 is 34.8 Å². The molecular formula is C35H34Cl3N3O5. The molecule has 1 amide bonds. The molecule has 4 aromatic rings. The molecule has 2 aromatic carbocycles. The van der Waals surface area contributed by atoms with Crippen LogP contribution in [0.4, 0.5) is 0 Å². The second-order valence-electron chi connectivity index (χ2n) is 13.1. The number of carbonyl (C=O) groups excluding carboxylic acids is 2. The summed E-state index contributed by atoms with van der Waals surface area (Å²) in [5.41, 5.74) is 3.44. The van der Waals surface area contributed by atoms with Gasteiger partial charge in [0.1, 0.15) is 36.0 Å². The van der Waals surface area contributed by atoms with E-state index >= 15 is 0 Å². The molecule has 0 spiro atoms. The Balaban J connectivity index is 1.14. The van der Waals surface area contributed by atoms with Crippen LogP contribution in [0, 0.1) is 0 Å². The van der Waals surface area contributed by atoms with Gasteiger partial charge in [-0.25, -0.2) is 0 Å². The molecule has 2 fully saturated rings. The van der Waals surface area contributed by atoms with Gasteiger partial charge in [-0.3, -0.25) is 14.6 Å². The molecule has 2 unspecified atom stereocenters. The van der Waals surface area contributed by atoms with E-state index in [2.05, 4.69) is 22.4 Å². The first-order valence-electron chi connectivity index (χ1n) is 15.1. The van der Waals surface area contributed by atoms with Gasteiger partial charge < -0.3 is 19.3 Å². The first-order valence-corrected chi connectivity index (χ1v) is 16.3. The number of nitrogens with one attached hydrogen (secondary N) is 1. The molecule has 2 atom stereocenters. The van der Waals surface area contributed by atoms with Gasteiger partial charge in [0, 0.05) is 34.3 Å². The number of rotatable bonds is 10. The van der Waals surface area contributed by atoms with Crippen molar-refractivity contribution >= 4 is 46.7 Å². The second kappa shape index (κ2) is 12.5. The Morgan fingerprint density at radius 3 is 2.46 bits per heavy atom. The molecule has 11 heteroatoms. The van der Waals surface area contributed by atoms with Crippen molar-refractivity contribution in [3.8, 4) is 17.0 Å². The number of carbonyl (C=O) groups is 2. The van der Waals surface area contributed by atoms with Crippen LogP contribution in [0.5, 0.6) is 5.75 Å². The number of pyridine rings is 1. The number of halogens is 3. The van der Waals surface area contributed by atoms with Crippen LogP contribution in [0.25, 0.3) is 11.3 Å². The van der Waals surface area contributed by atoms with E-state index in [0.29, 0.717) is 43.6 Å². The van der Waals surface area contributed by atoms with Crippen LogP contribution in [0.15, 0.2) is 59.4 Å². The number of esters is 1. The SMILES string of the molecule is CC(C)(C)OC(=O)CNC(=O)c1cncc(C2(C)CC2c2ccc(OCc3c(-c4c(Cl)cccc4Cl)noc3C3CC3)cc2Cl)c1. The van der Waals surface area contributed by atoms with Gasteiger partial charge in [-0.05, 0) is 87.4 Å². The van der Waals surface area contributed by atoms with E-state index in [1.807, 2.05) is 24.3 Å². The first-order chi connectivity index (χ1) is 21.8. The second-order valence-corrected chi connectivity index (χ2v) is 14.3. The lowest BCUT2D eigenvalue weighted by atomic mass is 9.93. The van der Waals surface area contributed by atoms with E-state index in [1.165, 1.54) is 6.20 Å². The largest absolute Gasteiger partial charge is 0.489 e. The lowest BCUT2D eigenvalue weighted by molar-refractivity contribution is -0.153. The maximum absolute atomic E-state index is 12.8. The van der Waals surface area contributed by atoms with Gasteiger partial charge >= 0.3 is 5.97 Å². The number of nitrogens with zero attached hydrogens (tertiary/aromatic N) is 2. The van der Waals surface area contributed by atoms with Crippen molar-refractivity contribution in [3.63, 3.8) is 0 Å². The molecule has 0 radical (unpaired) electrons. The number of hydrogen-bond acceptors (Lipinski definition) is 7. The van der Waals surface area contributed by atoms with Crippen LogP contribution < -0.4 is 10.1 Å². The smallest absolute Gasteiger partial charge is 0.325 e. The molecule has 0 bridgehead atoms. The zero-order chi connectivity index (χ0) is 32.8. The highest BCUT2D eigenvalue weighted by molar-refractivity contribution is 6.39. The molecule has 1 N–H and O–H groups in total. The average Bonchev–Trinajstić information content (AvgIpc) is 3.92. The topological polar surface area (TPSA) is 104 Å². The quantitative estimate of drug-likeness (QED) is 0.167. The monoisotopic (exact) mass is 681 g/mol. The first kappa shape index (κ1) is 32.4. The van der Waals surface area contributed by atoms with E-state index in [-0.39, 0.29) is 24.5 Å². The number of amides is 1. The van der Waals surface area contributed by atoms with Gasteiger partial charge in [-0.15, -0.1) is 0 Å². The van der Waals surface area contributed by atoms with Crippen molar-refractivity contribution < 1.29 is 23.6 Å². The van der Waals surface area contributed by atoms with E-state index in [4.69, 9.17) is 48.8 Å². The van der Waals surface area contributed by atoms with Crippen molar-refractivity contribution in [1.82, 2.24) is 15.5 Å². The van der Waals surface area contributed by atoms with Crippen molar-refractivity contribution in [2.24, 2.45) is 0 Å². The molecule has 2 aliphatic rings. The molecule has 2 aliphatic carbocycles. The third-order valence-electron chi connectivity index (χ3n) is 8.41. The molecule has 0 saturated heterocycles. The van der Waals surface area contributed by atoms with E-state index < -0.39 is 17.5 Å². The Labute approximate surface area is 282 Å². The van der Waals surface area contributed by atoms with Crippen molar-refractivity contribution in [3.05, 3.63) is 97.9 Å². The predicted octanol–water partition coefficient (Wildman–Crippen LogP) is 8.67. The zero-order valence-electron chi connectivity index (χ0n) is 26.0. The number of hydrogen-bond donors (Lipinski definition) is 1. The van der Waals surface area contributed by atoms with Crippen LogP contribution in [-0.2, 0) is 21.6 Å². The Hall–Kier alpha value is -3.59. The maximum Gasteiger partial charge on any atom is 0.325 e. The molecule has 6 rings (SSSR count). The zero-order valence-corrected chi connectivity index (χ0v) is 28.2. The molecule has 2 saturated carbocycles. The molecule has 8 nitrogen and oxygen atoms in total. The van der Waals surface area contributed by atoms with Gasteiger partial charge in [0.2, 0.25) is 0 Å². The highest BCUT2D eigenvalue weighted by atomic mass is 35.5. The Morgan fingerprint density at radius 1 is 1.04 bits per heavy atom. The third kappa shape index (κ3) is 6.89. The Kier molecular flexibility index (Phi) is 8.83. The molecular weight excluding hydrogens is 649 g/mol. The number of benzene rings is 2. The molecule has 2 heterocycles. The summed E-state index contributed by atoms with van der Waals surface area (Å²) in [6.45, 7) is 7.45. The van der Waals surface area contributed by atoms with Gasteiger partial charge in [-0.1, -0.05) is 59.0 Å². The highest BCUT2D eigenvalue weighted by Crippen LogP contribution is 2.61. The van der Waals surface area contributed by atoms with Gasteiger partial charge in [-0.2, -0.15) is 0 Å². The summed E-state index contributed by atoms with van der Waals surface area (Å²) in [7, 11) is 0. The fourth-order valence-corrected chi connectivity index (χ4v) is 6.61. The number of ether oxygens (including phenoxy) is 2. The van der Waals surface area contributed by atoms with Crippen LogP contribution in [-0.4, -0.2) is 34.2 Å². The van der Waals surface area contributed by atoms with Gasteiger partial charge in [0.05, 0.1) is 21.2 Å². The van der Waals surface area contributed by atoms with Crippen molar-refractivity contribution in [2.45, 2.75) is 76.4 Å². The summed E-state index contributed by atoms with van der Waals surface area (Å²) in [5.74, 6) is 0.958. The van der Waals surface area contributed by atoms with Crippen molar-refractivity contribution in [2.75, 3.05) is 6.54 Å². The minimum Gasteiger partial charge on any atom is -0.489 e. The minimum atomic E-state index is -0.628. The normalized spacial score (nSPS) is 19.1. The maximum atomic E-state index is 12.8. The summed E-state index contributed by atoms with van der Waals surface area (Å²) < 4.78 is 17.3. The van der Waals surface area contributed by atoms with E-state index in [9.17, 15) is 9.59 Å². The molecule has 240 valence electrons. The fourth-order valence-electron chi connectivity index (χ4n) is 5.73. The third-order valence-corrected chi connectivity index (χ3v) is 9.36. The average molecular weight is 683 g/mol. The molecule has 2 aromatic heterocycles. The number of aromatic nitrogens is 2. The lowest BCUT2D eigenvalue weighted by Crippen LogP contribution is -2.34. The summed E-state index contributed by atoms with van der Waals surface area (Å²) in [6.07, 6.45) is 6.17. The minimum absolute atomic E-state index is 0.129. The predicted molar refractivity (Wildman–Crippen MR) is 177 cm³/mol. The van der Waals surface area contributed by atoms with Gasteiger partial charge in [0.25, 0.3) is 5.91 Å². The summed E-state index contributed by atoms with van der Waals surface area (Å²) in [5, 5.41) is 8.53. The Bertz CT molecular complexity index is 1790. The summed E-state index contributed by atoms with van der Waals surface area (Å²) >= 11 is 19.8. The fraction of sp³-hybridized carbons (Fsp3) is 0.371. The van der Waals surface area contributed by atoms with E-state index in [0.717, 1.165) is 41.7 Å². The van der Waals surface area contributed by atoms with Crippen LogP contribution in [0.3, 0.4) is 0 Å². The molecule has 0 aliphatic heterocycles. The van der Waals surface area contributed by atoms with Gasteiger partial charge in [0.15, 0.2) is 0 Å². The molecule has 46 heavy (non-hydrogen) atoms. The lowest BCUT2D eigenvalue weighted by Gasteiger charge is -2.19. The highest BCUT2D eigenvalue weighted by Gasteiger charge is 2.53. The summed E-state index contributed by atoms with van der Waals surface area (Å²) in [6, 6.07) is 12.9. The summed E-state index contributed by atoms with van der Waals surface area (Å²) in [4.78, 5) is 29.1. The van der Waals surface area contributed by atoms with Crippen molar-refractivity contribution in [1.29, 1.82) is 0 Å². The standard InChI is InChI=1S/C35H34Cl3N3O5/c1-34(2,3)45-29(42)17-40-33(43)20-12-21(16-39-15-20)35(4)14-25(35)23-11-10-22(13-28(23)38)44-18-24-31(41-46-32(24)19-8-9-19)30-26(36)6-5-7-27(30)37/h5-7,10-13,15-16,19,25H,8-9,14,17-18H2,1-4H3,(H,40,43). The van der Waals surface area contributed by atoms with E-state index in [1.54, 1.807) is 45.2 Å². The van der Waals surface area contributed by atoms with Crippen LogP contribution in [0.1, 0.15) is 91.6 Å².